The van der Waals surface area contributed by atoms with Crippen LogP contribution in [0.1, 0.15) is 42.5 Å². The third kappa shape index (κ3) is 4.26. The number of carbonyl (C=O) groups is 1. The molecule has 0 aliphatic heterocycles. The van der Waals surface area contributed by atoms with Gasteiger partial charge in [-0.15, -0.1) is 0 Å². The fourth-order valence-electron chi connectivity index (χ4n) is 1.77. The summed E-state index contributed by atoms with van der Waals surface area (Å²) in [7, 11) is 0. The van der Waals surface area contributed by atoms with E-state index in [9.17, 15) is 4.79 Å². The van der Waals surface area contributed by atoms with E-state index in [2.05, 4.69) is 35.4 Å². The summed E-state index contributed by atoms with van der Waals surface area (Å²) >= 11 is 1.35. The number of benzene rings is 1. The summed E-state index contributed by atoms with van der Waals surface area (Å²) < 4.78 is 4.34. The molecule has 112 valence electrons. The molecule has 0 unspecified atom stereocenters. The highest BCUT2D eigenvalue weighted by atomic mass is 32.1. The Morgan fingerprint density at radius 2 is 2.14 bits per heavy atom. The van der Waals surface area contributed by atoms with Crippen LogP contribution in [0.15, 0.2) is 24.3 Å². The van der Waals surface area contributed by atoms with Crippen molar-refractivity contribution in [2.45, 2.75) is 32.6 Å². The Morgan fingerprint density at radius 3 is 2.76 bits per heavy atom. The average Bonchev–Trinajstić information content (AvgIpc) is 2.88. The number of aromatic carboxylic acids is 1. The highest BCUT2D eigenvalue weighted by molar-refractivity contribution is 7.09. The Hall–Kier alpha value is -1.95. The molecule has 2 aromatic rings. The maximum absolute atomic E-state index is 10.9. The van der Waals surface area contributed by atoms with Crippen molar-refractivity contribution in [1.82, 2.24) is 9.36 Å². The number of carboxylic acid groups (broad SMARTS) is 1. The predicted molar refractivity (Wildman–Crippen MR) is 84.2 cm³/mol. The van der Waals surface area contributed by atoms with Crippen molar-refractivity contribution in [3.05, 3.63) is 41.2 Å². The molecule has 2 N–H and O–H groups in total. The van der Waals surface area contributed by atoms with Crippen molar-refractivity contribution in [3.8, 4) is 0 Å². The van der Waals surface area contributed by atoms with Crippen LogP contribution in [0.4, 0.5) is 5.13 Å². The molecule has 0 bridgehead atoms. The molecule has 0 aliphatic carbocycles. The number of rotatable bonds is 5. The average molecular weight is 305 g/mol. The van der Waals surface area contributed by atoms with Crippen LogP contribution >= 0.6 is 11.5 Å². The van der Waals surface area contributed by atoms with Crippen molar-refractivity contribution in [2.24, 2.45) is 0 Å². The molecule has 1 heterocycles. The first-order valence-electron chi connectivity index (χ1n) is 6.76. The van der Waals surface area contributed by atoms with Gasteiger partial charge in [0, 0.05) is 23.5 Å². The van der Waals surface area contributed by atoms with Crippen molar-refractivity contribution in [3.63, 3.8) is 0 Å². The van der Waals surface area contributed by atoms with E-state index in [1.54, 1.807) is 18.2 Å². The van der Waals surface area contributed by atoms with E-state index in [1.165, 1.54) is 11.5 Å². The maximum atomic E-state index is 10.9. The zero-order valence-corrected chi connectivity index (χ0v) is 13.2. The Morgan fingerprint density at radius 1 is 1.38 bits per heavy atom. The molecule has 1 aromatic carbocycles. The lowest BCUT2D eigenvalue weighted by atomic mass is 9.96. The van der Waals surface area contributed by atoms with Crippen LogP contribution in [0.3, 0.4) is 0 Å². The van der Waals surface area contributed by atoms with E-state index in [0.29, 0.717) is 12.1 Å². The van der Waals surface area contributed by atoms with Crippen LogP contribution in [0.25, 0.3) is 0 Å². The summed E-state index contributed by atoms with van der Waals surface area (Å²) in [6, 6.07) is 6.99. The molecular weight excluding hydrogens is 286 g/mol. The molecule has 21 heavy (non-hydrogen) atoms. The second kappa shape index (κ2) is 6.22. The van der Waals surface area contributed by atoms with Gasteiger partial charge in [-0.2, -0.15) is 4.37 Å². The fourth-order valence-corrected chi connectivity index (χ4v) is 2.56. The molecule has 0 saturated heterocycles. The molecule has 1 aromatic heterocycles. The number of nitrogens with zero attached hydrogens (tertiary/aromatic N) is 2. The van der Waals surface area contributed by atoms with E-state index < -0.39 is 5.97 Å². The van der Waals surface area contributed by atoms with Gasteiger partial charge in [0.2, 0.25) is 5.13 Å². The van der Waals surface area contributed by atoms with Crippen molar-refractivity contribution in [2.75, 3.05) is 11.9 Å². The van der Waals surface area contributed by atoms with E-state index in [4.69, 9.17) is 5.11 Å². The maximum Gasteiger partial charge on any atom is 0.335 e. The van der Waals surface area contributed by atoms with Crippen molar-refractivity contribution < 1.29 is 9.90 Å². The van der Waals surface area contributed by atoms with Crippen LogP contribution in [0, 0.1) is 0 Å². The Kier molecular flexibility index (Phi) is 4.57. The van der Waals surface area contributed by atoms with E-state index in [1.807, 2.05) is 6.07 Å². The van der Waals surface area contributed by atoms with Crippen LogP contribution < -0.4 is 5.32 Å². The number of hydrogen-bond acceptors (Lipinski definition) is 5. The molecule has 0 amide bonds. The number of aromatic nitrogens is 2. The molecule has 6 heteroatoms. The minimum Gasteiger partial charge on any atom is -0.478 e. The van der Waals surface area contributed by atoms with Gasteiger partial charge in [0.15, 0.2) is 0 Å². The predicted octanol–water partition coefficient (Wildman–Crippen LogP) is 3.19. The summed E-state index contributed by atoms with van der Waals surface area (Å²) in [4.78, 5) is 15.4. The largest absolute Gasteiger partial charge is 0.478 e. The van der Waals surface area contributed by atoms with Crippen molar-refractivity contribution >= 4 is 22.6 Å². The molecule has 0 saturated carbocycles. The van der Waals surface area contributed by atoms with Gasteiger partial charge >= 0.3 is 5.97 Å². The van der Waals surface area contributed by atoms with Crippen LogP contribution in [-0.2, 0) is 11.8 Å². The van der Waals surface area contributed by atoms with E-state index >= 15 is 0 Å². The lowest BCUT2D eigenvalue weighted by Crippen LogP contribution is -2.13. The van der Waals surface area contributed by atoms with Gasteiger partial charge in [-0.1, -0.05) is 32.9 Å². The van der Waals surface area contributed by atoms with Crippen LogP contribution in [-0.4, -0.2) is 27.0 Å². The number of hydrogen-bond donors (Lipinski definition) is 2. The van der Waals surface area contributed by atoms with Crippen molar-refractivity contribution in [1.29, 1.82) is 0 Å². The molecule has 0 aliphatic rings. The summed E-state index contributed by atoms with van der Waals surface area (Å²) in [6.45, 7) is 6.94. The lowest BCUT2D eigenvalue weighted by molar-refractivity contribution is 0.0696. The monoisotopic (exact) mass is 305 g/mol. The van der Waals surface area contributed by atoms with E-state index in [0.717, 1.165) is 22.9 Å². The first-order valence-corrected chi connectivity index (χ1v) is 7.54. The highest BCUT2D eigenvalue weighted by Crippen LogP contribution is 2.22. The first-order chi connectivity index (χ1) is 9.86. The normalized spacial score (nSPS) is 11.4. The van der Waals surface area contributed by atoms with Gasteiger partial charge in [0.1, 0.15) is 5.82 Å². The van der Waals surface area contributed by atoms with Gasteiger partial charge in [-0.25, -0.2) is 9.78 Å². The molecule has 0 radical (unpaired) electrons. The third-order valence-electron chi connectivity index (χ3n) is 2.96. The quantitative estimate of drug-likeness (QED) is 0.887. The topological polar surface area (TPSA) is 75.1 Å². The summed E-state index contributed by atoms with van der Waals surface area (Å²) in [5.41, 5.74) is 1.26. The van der Waals surface area contributed by atoms with Gasteiger partial charge in [-0.3, -0.25) is 0 Å². The summed E-state index contributed by atoms with van der Waals surface area (Å²) in [5, 5.41) is 13.0. The minimum absolute atomic E-state index is 0.0494. The van der Waals surface area contributed by atoms with Gasteiger partial charge in [-0.05, 0) is 24.1 Å². The molecule has 0 spiro atoms. The molecule has 2 rings (SSSR count). The highest BCUT2D eigenvalue weighted by Gasteiger charge is 2.19. The third-order valence-corrected chi connectivity index (χ3v) is 3.63. The Labute approximate surface area is 128 Å². The van der Waals surface area contributed by atoms with Gasteiger partial charge in [0.05, 0.1) is 5.56 Å². The van der Waals surface area contributed by atoms with Gasteiger partial charge < -0.3 is 10.4 Å². The molecule has 0 atom stereocenters. The minimum atomic E-state index is -0.899. The molecular formula is C15H19N3O2S. The van der Waals surface area contributed by atoms with Crippen LogP contribution in [0.2, 0.25) is 0 Å². The Bertz CT molecular complexity index is 632. The summed E-state index contributed by atoms with van der Waals surface area (Å²) in [5.74, 6) is -0.0633. The standard InChI is InChI=1S/C15H19N3O2S/c1-15(2,3)13-17-14(21-18-13)16-8-7-10-5-4-6-11(9-10)12(19)20/h4-6,9H,7-8H2,1-3H3,(H,19,20)(H,16,17,18). The lowest BCUT2D eigenvalue weighted by Gasteiger charge is -2.12. The number of carboxylic acids is 1. The van der Waals surface area contributed by atoms with Crippen LogP contribution in [0.5, 0.6) is 0 Å². The Balaban J connectivity index is 1.91. The smallest absolute Gasteiger partial charge is 0.335 e. The molecule has 5 nitrogen and oxygen atoms in total. The fraction of sp³-hybridized carbons (Fsp3) is 0.400. The van der Waals surface area contributed by atoms with Gasteiger partial charge in [0.25, 0.3) is 0 Å². The number of nitrogens with one attached hydrogen (secondary N) is 1. The zero-order chi connectivity index (χ0) is 15.5. The zero-order valence-electron chi connectivity index (χ0n) is 12.4. The summed E-state index contributed by atoms with van der Waals surface area (Å²) in [6.07, 6.45) is 0.742. The second-order valence-corrected chi connectivity index (χ2v) is 6.61. The molecule has 0 fully saturated rings. The van der Waals surface area contributed by atoms with E-state index in [-0.39, 0.29) is 5.41 Å². The SMILES string of the molecule is CC(C)(C)c1nsc(NCCc2cccc(C(=O)O)c2)n1. The second-order valence-electron chi connectivity index (χ2n) is 5.86. The number of anilines is 1. The first kappa shape index (κ1) is 15.4.